The van der Waals surface area contributed by atoms with Crippen molar-refractivity contribution >= 4 is 15.9 Å². The lowest BCUT2D eigenvalue weighted by molar-refractivity contribution is 0.0946. The molecule has 3 rings (SSSR count). The zero-order chi connectivity index (χ0) is 21.1. The number of nitrogens with zero attached hydrogens (tertiary/aromatic N) is 1. The molecule has 0 aromatic heterocycles. The van der Waals surface area contributed by atoms with Crippen molar-refractivity contribution in [3.05, 3.63) is 59.7 Å². The molecular weight excluding hydrogens is 388 g/mol. The first-order valence-corrected chi connectivity index (χ1v) is 11.3. The second-order valence-corrected chi connectivity index (χ2v) is 9.22. The minimum absolute atomic E-state index is 0.0327. The number of carbonyl (C=O) groups excluding carboxylic acids is 1. The second kappa shape index (κ2) is 8.55. The highest BCUT2D eigenvalue weighted by Gasteiger charge is 2.44. The van der Waals surface area contributed by atoms with E-state index in [1.165, 1.54) is 35.2 Å². The van der Waals surface area contributed by atoms with Gasteiger partial charge in [0.05, 0.1) is 17.6 Å². The van der Waals surface area contributed by atoms with Gasteiger partial charge in [0.2, 0.25) is 10.0 Å². The summed E-state index contributed by atoms with van der Waals surface area (Å²) in [7, 11) is -2.19. The zero-order valence-electron chi connectivity index (χ0n) is 17.1. The molecule has 0 unspecified atom stereocenters. The minimum Gasteiger partial charge on any atom is -0.496 e. The molecule has 6 nitrogen and oxygen atoms in total. The van der Waals surface area contributed by atoms with Crippen LogP contribution in [-0.2, 0) is 15.4 Å². The first-order valence-electron chi connectivity index (χ1n) is 9.90. The summed E-state index contributed by atoms with van der Waals surface area (Å²) in [4.78, 5) is 13.0. The Labute approximate surface area is 172 Å². The number of nitrogens with one attached hydrogen (secondary N) is 1. The highest BCUT2D eigenvalue weighted by Crippen LogP contribution is 2.47. The van der Waals surface area contributed by atoms with E-state index in [4.69, 9.17) is 4.74 Å². The van der Waals surface area contributed by atoms with Crippen molar-refractivity contribution in [2.24, 2.45) is 0 Å². The van der Waals surface area contributed by atoms with Gasteiger partial charge in [0, 0.05) is 25.0 Å². The topological polar surface area (TPSA) is 75.7 Å². The van der Waals surface area contributed by atoms with E-state index in [9.17, 15) is 13.2 Å². The molecule has 29 heavy (non-hydrogen) atoms. The van der Waals surface area contributed by atoms with Gasteiger partial charge in [-0.3, -0.25) is 4.79 Å². The van der Waals surface area contributed by atoms with Crippen molar-refractivity contribution < 1.29 is 17.9 Å². The van der Waals surface area contributed by atoms with Crippen molar-refractivity contribution in [2.45, 2.75) is 37.0 Å². The molecule has 1 aliphatic carbocycles. The van der Waals surface area contributed by atoms with Crippen LogP contribution in [0.5, 0.6) is 5.75 Å². The predicted molar refractivity (Wildman–Crippen MR) is 113 cm³/mol. The molecule has 7 heteroatoms. The standard InChI is InChI=1S/C22H28N2O4S/c1-4-24(5-2)29(26,27)18-11-12-20(28-3)19(15-18)21(25)23-16-22(13-14-22)17-9-7-6-8-10-17/h6-12,15H,4-5,13-14,16H2,1-3H3,(H,23,25). The summed E-state index contributed by atoms with van der Waals surface area (Å²) in [5.41, 5.74) is 1.41. The first kappa shape index (κ1) is 21.3. The largest absolute Gasteiger partial charge is 0.496 e. The number of carbonyl (C=O) groups is 1. The van der Waals surface area contributed by atoms with Crippen molar-refractivity contribution in [1.82, 2.24) is 9.62 Å². The molecule has 0 aliphatic heterocycles. The number of methoxy groups -OCH3 is 1. The molecule has 0 atom stereocenters. The molecule has 2 aromatic carbocycles. The van der Waals surface area contributed by atoms with E-state index in [0.717, 1.165) is 12.8 Å². The molecular formula is C22H28N2O4S. The van der Waals surface area contributed by atoms with Gasteiger partial charge in [-0.05, 0) is 36.6 Å². The molecule has 1 saturated carbocycles. The number of amides is 1. The van der Waals surface area contributed by atoms with Gasteiger partial charge in [0.25, 0.3) is 5.91 Å². The average Bonchev–Trinajstić information content (AvgIpc) is 3.54. The Morgan fingerprint density at radius 1 is 1.10 bits per heavy atom. The lowest BCUT2D eigenvalue weighted by Crippen LogP contribution is -2.33. The lowest BCUT2D eigenvalue weighted by atomic mass is 9.96. The normalized spacial score (nSPS) is 15.2. The SMILES string of the molecule is CCN(CC)S(=O)(=O)c1ccc(OC)c(C(=O)NCC2(c3ccccc3)CC2)c1. The summed E-state index contributed by atoms with van der Waals surface area (Å²) in [6.07, 6.45) is 2.04. The van der Waals surface area contributed by atoms with Gasteiger partial charge in [-0.2, -0.15) is 4.31 Å². The third kappa shape index (κ3) is 4.31. The molecule has 0 saturated heterocycles. The highest BCUT2D eigenvalue weighted by atomic mass is 32.2. The lowest BCUT2D eigenvalue weighted by Gasteiger charge is -2.20. The van der Waals surface area contributed by atoms with Crippen LogP contribution in [-0.4, -0.2) is 45.4 Å². The first-order chi connectivity index (χ1) is 13.9. The summed E-state index contributed by atoms with van der Waals surface area (Å²) in [5, 5.41) is 2.98. The number of rotatable bonds is 9. The van der Waals surface area contributed by atoms with E-state index in [1.54, 1.807) is 13.8 Å². The summed E-state index contributed by atoms with van der Waals surface area (Å²) in [6, 6.07) is 14.6. The summed E-state index contributed by atoms with van der Waals surface area (Å²) in [5.74, 6) is 0.0196. The van der Waals surface area contributed by atoms with Gasteiger partial charge in [-0.1, -0.05) is 44.2 Å². The Morgan fingerprint density at radius 3 is 2.31 bits per heavy atom. The maximum atomic E-state index is 12.9. The van der Waals surface area contributed by atoms with E-state index >= 15 is 0 Å². The van der Waals surface area contributed by atoms with Crippen LogP contribution in [0.25, 0.3) is 0 Å². The second-order valence-electron chi connectivity index (χ2n) is 7.28. The van der Waals surface area contributed by atoms with Crippen LogP contribution in [0.4, 0.5) is 0 Å². The monoisotopic (exact) mass is 416 g/mol. The van der Waals surface area contributed by atoms with Crippen LogP contribution in [0.2, 0.25) is 0 Å². The van der Waals surface area contributed by atoms with Crippen LogP contribution < -0.4 is 10.1 Å². The van der Waals surface area contributed by atoms with Gasteiger partial charge in [0.1, 0.15) is 5.75 Å². The molecule has 1 aliphatic rings. The third-order valence-corrected chi connectivity index (χ3v) is 7.63. The Bertz CT molecular complexity index is 966. The number of ether oxygens (including phenoxy) is 1. The maximum absolute atomic E-state index is 12.9. The number of benzene rings is 2. The molecule has 2 aromatic rings. The quantitative estimate of drug-likeness (QED) is 0.681. The van der Waals surface area contributed by atoms with Crippen molar-refractivity contribution in [1.29, 1.82) is 0 Å². The van der Waals surface area contributed by atoms with Gasteiger partial charge in [-0.25, -0.2) is 8.42 Å². The molecule has 0 bridgehead atoms. The van der Waals surface area contributed by atoms with Crippen molar-refractivity contribution in [3.8, 4) is 5.75 Å². The van der Waals surface area contributed by atoms with Gasteiger partial charge in [-0.15, -0.1) is 0 Å². The molecule has 1 N–H and O–H groups in total. The van der Waals surface area contributed by atoms with Crippen molar-refractivity contribution in [2.75, 3.05) is 26.7 Å². The van der Waals surface area contributed by atoms with E-state index in [1.807, 2.05) is 18.2 Å². The Kier molecular flexibility index (Phi) is 6.29. The Hall–Kier alpha value is -2.38. The summed E-state index contributed by atoms with van der Waals surface area (Å²) < 4.78 is 32.3. The molecule has 0 heterocycles. The Morgan fingerprint density at radius 2 is 1.76 bits per heavy atom. The Balaban J connectivity index is 1.83. The fraction of sp³-hybridized carbons (Fsp3) is 0.409. The molecule has 0 radical (unpaired) electrons. The maximum Gasteiger partial charge on any atom is 0.255 e. The summed E-state index contributed by atoms with van der Waals surface area (Å²) in [6.45, 7) is 4.82. The van der Waals surface area contributed by atoms with Crippen LogP contribution in [0.3, 0.4) is 0 Å². The zero-order valence-corrected chi connectivity index (χ0v) is 18.0. The van der Waals surface area contributed by atoms with Gasteiger partial charge < -0.3 is 10.1 Å². The van der Waals surface area contributed by atoms with Crippen LogP contribution in [0, 0.1) is 0 Å². The molecule has 1 fully saturated rings. The van der Waals surface area contributed by atoms with E-state index < -0.39 is 10.0 Å². The fourth-order valence-electron chi connectivity index (χ4n) is 3.59. The summed E-state index contributed by atoms with van der Waals surface area (Å²) >= 11 is 0. The van der Waals surface area contributed by atoms with Crippen LogP contribution in [0.1, 0.15) is 42.6 Å². The third-order valence-electron chi connectivity index (χ3n) is 5.59. The minimum atomic E-state index is -3.66. The number of sulfonamides is 1. The number of hydrogen-bond donors (Lipinski definition) is 1. The molecule has 156 valence electrons. The molecule has 1 amide bonds. The number of hydrogen-bond acceptors (Lipinski definition) is 4. The highest BCUT2D eigenvalue weighted by molar-refractivity contribution is 7.89. The fourth-order valence-corrected chi connectivity index (χ4v) is 5.08. The average molecular weight is 417 g/mol. The van der Waals surface area contributed by atoms with Gasteiger partial charge in [0.15, 0.2) is 0 Å². The van der Waals surface area contributed by atoms with E-state index in [0.29, 0.717) is 25.4 Å². The molecule has 0 spiro atoms. The van der Waals surface area contributed by atoms with Crippen molar-refractivity contribution in [3.63, 3.8) is 0 Å². The van der Waals surface area contributed by atoms with E-state index in [2.05, 4.69) is 17.4 Å². The van der Waals surface area contributed by atoms with Gasteiger partial charge >= 0.3 is 0 Å². The van der Waals surface area contributed by atoms with Crippen LogP contribution >= 0.6 is 0 Å². The van der Waals surface area contributed by atoms with E-state index in [-0.39, 0.29) is 21.8 Å². The predicted octanol–water partition coefficient (Wildman–Crippen LogP) is 3.19. The van der Waals surface area contributed by atoms with Crippen LogP contribution in [0.15, 0.2) is 53.4 Å². The smallest absolute Gasteiger partial charge is 0.255 e.